The van der Waals surface area contributed by atoms with Crippen LogP contribution in [0.15, 0.2) is 52.0 Å². The van der Waals surface area contributed by atoms with Gasteiger partial charge in [-0.3, -0.25) is 4.79 Å². The molecule has 1 aromatic carbocycles. The Balaban J connectivity index is 1.48. The highest BCUT2D eigenvalue weighted by molar-refractivity contribution is 9.10. The van der Waals surface area contributed by atoms with Crippen molar-refractivity contribution in [3.63, 3.8) is 0 Å². The Kier molecular flexibility index (Phi) is 7.00. The molecule has 8 nitrogen and oxygen atoms in total. The van der Waals surface area contributed by atoms with Gasteiger partial charge in [0.15, 0.2) is 0 Å². The zero-order valence-electron chi connectivity index (χ0n) is 15.1. The van der Waals surface area contributed by atoms with E-state index in [1.54, 1.807) is 30.5 Å². The summed E-state index contributed by atoms with van der Waals surface area (Å²) in [5.41, 5.74) is 0.565. The van der Waals surface area contributed by atoms with Crippen molar-refractivity contribution in [3.05, 3.63) is 47.1 Å². The number of nitrogens with one attached hydrogen (secondary N) is 2. The minimum atomic E-state index is -3.68. The van der Waals surface area contributed by atoms with Crippen LogP contribution in [-0.4, -0.2) is 52.2 Å². The van der Waals surface area contributed by atoms with Crippen molar-refractivity contribution in [2.75, 3.05) is 43.1 Å². The second-order valence-corrected chi connectivity index (χ2v) is 8.72. The predicted octanol–water partition coefficient (Wildman–Crippen LogP) is 1.99. The molecular formula is C18H21BrN4O4S. The highest BCUT2D eigenvalue weighted by Crippen LogP contribution is 2.20. The van der Waals surface area contributed by atoms with Crippen LogP contribution < -0.4 is 14.9 Å². The second-order valence-electron chi connectivity index (χ2n) is 6.13. The van der Waals surface area contributed by atoms with Crippen molar-refractivity contribution in [2.24, 2.45) is 0 Å². The summed E-state index contributed by atoms with van der Waals surface area (Å²) in [4.78, 5) is 18.7. The molecule has 150 valence electrons. The maximum Gasteiger partial charge on any atom is 0.241 e. The zero-order chi connectivity index (χ0) is 20.0. The third-order valence-electron chi connectivity index (χ3n) is 4.14. The van der Waals surface area contributed by atoms with Gasteiger partial charge in [0, 0.05) is 30.5 Å². The van der Waals surface area contributed by atoms with Crippen molar-refractivity contribution >= 4 is 43.4 Å². The molecule has 10 heteroatoms. The number of sulfonamides is 1. The summed E-state index contributed by atoms with van der Waals surface area (Å²) in [5.74, 6) is 0.540. The maximum atomic E-state index is 12.3. The largest absolute Gasteiger partial charge is 0.378 e. The van der Waals surface area contributed by atoms with E-state index in [0.717, 1.165) is 18.9 Å². The third kappa shape index (κ3) is 5.51. The number of aromatic nitrogens is 1. The lowest BCUT2D eigenvalue weighted by molar-refractivity contribution is -0.116. The third-order valence-corrected chi connectivity index (χ3v) is 6.61. The molecule has 3 rings (SSSR count). The van der Waals surface area contributed by atoms with Gasteiger partial charge in [-0.2, -0.15) is 0 Å². The SMILES string of the molecule is O=C(CCNS(=O)(=O)c1ccccc1Br)Nc1ccc(N2CCOCC2)nc1. The monoisotopic (exact) mass is 468 g/mol. The fraction of sp³-hybridized carbons (Fsp3) is 0.333. The molecule has 0 saturated carbocycles. The summed E-state index contributed by atoms with van der Waals surface area (Å²) in [5, 5.41) is 2.72. The van der Waals surface area contributed by atoms with Gasteiger partial charge in [-0.05, 0) is 40.2 Å². The quantitative estimate of drug-likeness (QED) is 0.644. The van der Waals surface area contributed by atoms with E-state index >= 15 is 0 Å². The van der Waals surface area contributed by atoms with Crippen LogP contribution in [0.2, 0.25) is 0 Å². The minimum absolute atomic E-state index is 0.00517. The Labute approximate surface area is 172 Å². The number of hydrogen-bond acceptors (Lipinski definition) is 6. The Morgan fingerprint density at radius 2 is 1.93 bits per heavy atom. The molecule has 0 unspecified atom stereocenters. The molecule has 1 saturated heterocycles. The number of ether oxygens (including phenoxy) is 1. The summed E-state index contributed by atoms with van der Waals surface area (Å²) in [7, 11) is -3.68. The number of anilines is 2. The van der Waals surface area contributed by atoms with Crippen molar-refractivity contribution in [2.45, 2.75) is 11.3 Å². The van der Waals surface area contributed by atoms with Crippen LogP contribution >= 0.6 is 15.9 Å². The number of benzene rings is 1. The number of halogens is 1. The molecule has 1 aromatic heterocycles. The van der Waals surface area contributed by atoms with Gasteiger partial charge in [0.1, 0.15) is 5.82 Å². The molecule has 1 aliphatic rings. The molecule has 28 heavy (non-hydrogen) atoms. The fourth-order valence-corrected chi connectivity index (χ4v) is 4.74. The predicted molar refractivity (Wildman–Crippen MR) is 110 cm³/mol. The summed E-state index contributed by atoms with van der Waals surface area (Å²) in [6.45, 7) is 2.92. The van der Waals surface area contributed by atoms with Crippen LogP contribution in [0.1, 0.15) is 6.42 Å². The van der Waals surface area contributed by atoms with Crippen LogP contribution in [0.4, 0.5) is 11.5 Å². The number of morpholine rings is 1. The summed E-state index contributed by atoms with van der Waals surface area (Å²) >= 11 is 3.22. The van der Waals surface area contributed by atoms with E-state index < -0.39 is 10.0 Å². The number of nitrogens with zero attached hydrogens (tertiary/aromatic N) is 2. The molecule has 2 aromatic rings. The maximum absolute atomic E-state index is 12.3. The highest BCUT2D eigenvalue weighted by Gasteiger charge is 2.17. The summed E-state index contributed by atoms with van der Waals surface area (Å²) in [6.07, 6.45) is 1.60. The van der Waals surface area contributed by atoms with E-state index in [9.17, 15) is 13.2 Å². The second kappa shape index (κ2) is 9.46. The van der Waals surface area contributed by atoms with Crippen LogP contribution in [0.5, 0.6) is 0 Å². The van der Waals surface area contributed by atoms with Gasteiger partial charge in [0.25, 0.3) is 0 Å². The number of carbonyl (C=O) groups excluding carboxylic acids is 1. The molecule has 2 N–H and O–H groups in total. The van der Waals surface area contributed by atoms with E-state index in [1.807, 2.05) is 6.07 Å². The van der Waals surface area contributed by atoms with Crippen LogP contribution in [0, 0.1) is 0 Å². The standard InChI is InChI=1S/C18H21BrN4O4S/c19-15-3-1-2-4-16(15)28(25,26)21-8-7-18(24)22-14-5-6-17(20-13-14)23-9-11-27-12-10-23/h1-6,13,21H,7-12H2,(H,22,24). The number of hydrogen-bond donors (Lipinski definition) is 2. The first-order valence-corrected chi connectivity index (χ1v) is 11.1. The lowest BCUT2D eigenvalue weighted by atomic mass is 10.3. The van der Waals surface area contributed by atoms with E-state index in [2.05, 4.69) is 35.9 Å². The average Bonchev–Trinajstić information content (AvgIpc) is 2.69. The molecule has 0 aliphatic carbocycles. The fourth-order valence-electron chi connectivity index (χ4n) is 2.70. The van der Waals surface area contributed by atoms with Gasteiger partial charge in [0.05, 0.1) is 30.0 Å². The average molecular weight is 469 g/mol. The Morgan fingerprint density at radius 1 is 1.18 bits per heavy atom. The van der Waals surface area contributed by atoms with Gasteiger partial charge < -0.3 is 15.0 Å². The molecule has 2 heterocycles. The van der Waals surface area contributed by atoms with E-state index in [-0.39, 0.29) is 23.8 Å². The van der Waals surface area contributed by atoms with Gasteiger partial charge in [-0.25, -0.2) is 18.1 Å². The van der Waals surface area contributed by atoms with Gasteiger partial charge >= 0.3 is 0 Å². The van der Waals surface area contributed by atoms with Crippen LogP contribution in [-0.2, 0) is 19.6 Å². The first-order valence-electron chi connectivity index (χ1n) is 8.78. The van der Waals surface area contributed by atoms with Gasteiger partial charge in [-0.15, -0.1) is 0 Å². The Morgan fingerprint density at radius 3 is 2.61 bits per heavy atom. The molecule has 1 amide bonds. The van der Waals surface area contributed by atoms with Crippen molar-refractivity contribution in [3.8, 4) is 0 Å². The van der Waals surface area contributed by atoms with Gasteiger partial charge in [-0.1, -0.05) is 12.1 Å². The van der Waals surface area contributed by atoms with Gasteiger partial charge in [0.2, 0.25) is 15.9 Å². The number of pyridine rings is 1. The first kappa shape index (κ1) is 20.7. The van der Waals surface area contributed by atoms with Crippen LogP contribution in [0.25, 0.3) is 0 Å². The summed E-state index contributed by atoms with van der Waals surface area (Å²) < 4.78 is 32.8. The Bertz CT molecular complexity index is 915. The number of amides is 1. The van der Waals surface area contributed by atoms with E-state index in [0.29, 0.717) is 23.4 Å². The lowest BCUT2D eigenvalue weighted by Gasteiger charge is -2.27. The molecule has 0 spiro atoms. The van der Waals surface area contributed by atoms with Crippen LogP contribution in [0.3, 0.4) is 0 Å². The molecule has 0 atom stereocenters. The van der Waals surface area contributed by atoms with E-state index in [1.165, 1.54) is 6.07 Å². The smallest absolute Gasteiger partial charge is 0.241 e. The highest BCUT2D eigenvalue weighted by atomic mass is 79.9. The Hall–Kier alpha value is -2.01. The first-order chi connectivity index (χ1) is 13.5. The zero-order valence-corrected chi connectivity index (χ0v) is 17.5. The topological polar surface area (TPSA) is 101 Å². The lowest BCUT2D eigenvalue weighted by Crippen LogP contribution is -2.36. The van der Waals surface area contributed by atoms with Crippen molar-refractivity contribution in [1.29, 1.82) is 0 Å². The van der Waals surface area contributed by atoms with E-state index in [4.69, 9.17) is 4.74 Å². The molecule has 1 aliphatic heterocycles. The molecule has 1 fully saturated rings. The number of rotatable bonds is 7. The molecule has 0 bridgehead atoms. The van der Waals surface area contributed by atoms with Crippen molar-refractivity contribution < 1.29 is 17.9 Å². The molecule has 0 radical (unpaired) electrons. The normalized spacial score (nSPS) is 14.7. The summed E-state index contributed by atoms with van der Waals surface area (Å²) in [6, 6.07) is 10.1. The number of carbonyl (C=O) groups is 1. The minimum Gasteiger partial charge on any atom is -0.378 e. The van der Waals surface area contributed by atoms with Crippen molar-refractivity contribution in [1.82, 2.24) is 9.71 Å². The molecular weight excluding hydrogens is 448 g/mol.